The Morgan fingerprint density at radius 3 is 2.70 bits per heavy atom. The number of esters is 1. The predicted molar refractivity (Wildman–Crippen MR) is 103 cm³/mol. The number of amides is 2. The fourth-order valence-corrected chi connectivity index (χ4v) is 2.70. The topological polar surface area (TPSA) is 84.7 Å². The highest BCUT2D eigenvalue weighted by atomic mass is 16.5. The maximum Gasteiger partial charge on any atom is 0.360 e. The summed E-state index contributed by atoms with van der Waals surface area (Å²) in [6.07, 6.45) is 4.19. The molecular weight excluding hydrogens is 346 g/mol. The molecule has 2 amide bonds. The molecule has 2 aromatic rings. The molecule has 146 valence electrons. The van der Waals surface area contributed by atoms with Gasteiger partial charge in [-0.3, -0.25) is 0 Å². The van der Waals surface area contributed by atoms with E-state index in [1.807, 2.05) is 32.0 Å². The summed E-state index contributed by atoms with van der Waals surface area (Å²) in [5, 5.41) is 2.95. The Morgan fingerprint density at radius 2 is 2.04 bits per heavy atom. The number of ether oxygens (including phenoxy) is 1. The molecule has 1 aromatic carbocycles. The molecule has 0 fully saturated rings. The van der Waals surface area contributed by atoms with Gasteiger partial charge in [0.2, 0.25) is 5.89 Å². The van der Waals surface area contributed by atoms with Crippen molar-refractivity contribution in [2.24, 2.45) is 0 Å². The van der Waals surface area contributed by atoms with Crippen LogP contribution in [-0.4, -0.2) is 35.5 Å². The second-order valence-corrected chi connectivity index (χ2v) is 6.50. The van der Waals surface area contributed by atoms with Crippen LogP contribution < -0.4 is 5.32 Å². The number of aromatic nitrogens is 1. The van der Waals surface area contributed by atoms with E-state index in [0.717, 1.165) is 36.1 Å². The average Bonchev–Trinajstić information content (AvgIpc) is 3.11. The largest absolute Gasteiger partial charge is 0.464 e. The van der Waals surface area contributed by atoms with Crippen molar-refractivity contribution in [2.75, 3.05) is 19.0 Å². The van der Waals surface area contributed by atoms with Gasteiger partial charge >= 0.3 is 12.0 Å². The van der Waals surface area contributed by atoms with Gasteiger partial charge in [0.25, 0.3) is 0 Å². The summed E-state index contributed by atoms with van der Waals surface area (Å²) in [5.74, 6) is -0.273. The minimum absolute atomic E-state index is 0.0933. The molecule has 1 heterocycles. The Bertz CT molecular complexity index is 785. The third kappa shape index (κ3) is 5.84. The summed E-state index contributed by atoms with van der Waals surface area (Å²) in [7, 11) is 1.28. The van der Waals surface area contributed by atoms with Gasteiger partial charge in [0.15, 0.2) is 5.69 Å². The van der Waals surface area contributed by atoms with E-state index in [0.29, 0.717) is 12.4 Å². The van der Waals surface area contributed by atoms with Gasteiger partial charge < -0.3 is 19.4 Å². The zero-order valence-corrected chi connectivity index (χ0v) is 16.4. The van der Waals surface area contributed by atoms with E-state index in [2.05, 4.69) is 22.0 Å². The van der Waals surface area contributed by atoms with E-state index in [4.69, 9.17) is 4.42 Å². The van der Waals surface area contributed by atoms with Gasteiger partial charge in [0, 0.05) is 12.2 Å². The second kappa shape index (κ2) is 9.75. The number of hydrogen-bond acceptors (Lipinski definition) is 5. The van der Waals surface area contributed by atoms with Crippen molar-refractivity contribution in [1.29, 1.82) is 0 Å². The molecule has 1 N–H and O–H groups in total. The third-order valence-electron chi connectivity index (χ3n) is 4.21. The van der Waals surface area contributed by atoms with Gasteiger partial charge in [-0.05, 0) is 31.9 Å². The number of unbranched alkanes of at least 4 members (excludes halogenated alkanes) is 2. The van der Waals surface area contributed by atoms with E-state index >= 15 is 0 Å². The molecule has 0 spiro atoms. The molecule has 7 heteroatoms. The fraction of sp³-hybridized carbons (Fsp3) is 0.450. The molecule has 0 radical (unpaired) electrons. The Balaban J connectivity index is 2.11. The number of benzene rings is 1. The number of hydrogen-bond donors (Lipinski definition) is 1. The Morgan fingerprint density at radius 1 is 1.26 bits per heavy atom. The molecule has 2 rings (SSSR count). The highest BCUT2D eigenvalue weighted by molar-refractivity contribution is 5.90. The van der Waals surface area contributed by atoms with Crippen LogP contribution in [0, 0.1) is 13.8 Å². The quantitative estimate of drug-likeness (QED) is 0.551. The molecule has 0 bridgehead atoms. The number of oxazole rings is 1. The summed E-state index contributed by atoms with van der Waals surface area (Å²) in [6, 6.07) is 5.65. The Labute approximate surface area is 159 Å². The first kappa shape index (κ1) is 20.5. The lowest BCUT2D eigenvalue weighted by Gasteiger charge is -2.22. The van der Waals surface area contributed by atoms with Crippen molar-refractivity contribution in [3.8, 4) is 0 Å². The zero-order valence-electron chi connectivity index (χ0n) is 16.4. The van der Waals surface area contributed by atoms with Crippen LogP contribution in [0.4, 0.5) is 10.5 Å². The highest BCUT2D eigenvalue weighted by Crippen LogP contribution is 2.17. The Hall–Kier alpha value is -2.83. The summed E-state index contributed by atoms with van der Waals surface area (Å²) in [5.41, 5.74) is 3.01. The number of nitrogens with one attached hydrogen (secondary N) is 1. The van der Waals surface area contributed by atoms with Gasteiger partial charge in [0.1, 0.15) is 6.26 Å². The van der Waals surface area contributed by atoms with Gasteiger partial charge in [-0.2, -0.15) is 0 Å². The average molecular weight is 373 g/mol. The zero-order chi connectivity index (χ0) is 19.8. The summed E-state index contributed by atoms with van der Waals surface area (Å²) in [6.45, 7) is 6.83. The second-order valence-electron chi connectivity index (χ2n) is 6.50. The van der Waals surface area contributed by atoms with Crippen molar-refractivity contribution >= 4 is 17.7 Å². The van der Waals surface area contributed by atoms with Crippen LogP contribution in [0.25, 0.3) is 0 Å². The lowest BCUT2D eigenvalue weighted by Crippen LogP contribution is -2.35. The van der Waals surface area contributed by atoms with E-state index < -0.39 is 5.97 Å². The molecular formula is C20H27N3O4. The summed E-state index contributed by atoms with van der Waals surface area (Å²) in [4.78, 5) is 30.1. The van der Waals surface area contributed by atoms with Crippen LogP contribution in [-0.2, 0) is 11.3 Å². The molecule has 0 aliphatic rings. The van der Waals surface area contributed by atoms with Gasteiger partial charge in [-0.1, -0.05) is 37.5 Å². The number of carbonyl (C=O) groups is 2. The molecule has 27 heavy (non-hydrogen) atoms. The van der Waals surface area contributed by atoms with Crippen LogP contribution in [0.1, 0.15) is 53.7 Å². The summed E-state index contributed by atoms with van der Waals surface area (Å²) < 4.78 is 9.96. The smallest absolute Gasteiger partial charge is 0.360 e. The molecule has 1 aromatic heterocycles. The van der Waals surface area contributed by atoms with Crippen LogP contribution in [0.3, 0.4) is 0 Å². The number of carbonyl (C=O) groups excluding carboxylic acids is 2. The van der Waals surface area contributed by atoms with E-state index in [9.17, 15) is 9.59 Å². The number of anilines is 1. The van der Waals surface area contributed by atoms with E-state index in [-0.39, 0.29) is 18.3 Å². The first-order chi connectivity index (χ1) is 12.9. The van der Waals surface area contributed by atoms with E-state index in [1.54, 1.807) is 4.90 Å². The standard InChI is InChI=1S/C20H27N3O4/c1-5-6-7-10-23(12-18-21-17(13-27-18)19(24)26-4)20(25)22-16-9-8-14(2)11-15(16)3/h8-9,11,13H,5-7,10,12H2,1-4H3,(H,22,25). The van der Waals surface area contributed by atoms with Crippen LogP contribution >= 0.6 is 0 Å². The number of rotatable bonds is 8. The molecule has 0 aliphatic carbocycles. The van der Waals surface area contributed by atoms with Crippen molar-refractivity contribution in [1.82, 2.24) is 9.88 Å². The van der Waals surface area contributed by atoms with Crippen molar-refractivity contribution in [3.05, 3.63) is 47.2 Å². The molecule has 0 saturated heterocycles. The van der Waals surface area contributed by atoms with Gasteiger partial charge in [0.05, 0.1) is 13.7 Å². The SMILES string of the molecule is CCCCCN(Cc1nc(C(=O)OC)co1)C(=O)Nc1ccc(C)cc1C. The van der Waals surface area contributed by atoms with Crippen molar-refractivity contribution < 1.29 is 18.7 Å². The first-order valence-corrected chi connectivity index (χ1v) is 9.10. The first-order valence-electron chi connectivity index (χ1n) is 9.10. The van der Waals surface area contributed by atoms with Crippen LogP contribution in [0.2, 0.25) is 0 Å². The minimum Gasteiger partial charge on any atom is -0.464 e. The molecule has 7 nitrogen and oxygen atoms in total. The number of nitrogens with zero attached hydrogens (tertiary/aromatic N) is 2. The third-order valence-corrected chi connectivity index (χ3v) is 4.21. The molecule has 0 unspecified atom stereocenters. The maximum absolute atomic E-state index is 12.8. The molecule has 0 saturated carbocycles. The van der Waals surface area contributed by atoms with Crippen LogP contribution in [0.5, 0.6) is 0 Å². The predicted octanol–water partition coefficient (Wildman–Crippen LogP) is 4.30. The fourth-order valence-electron chi connectivity index (χ4n) is 2.70. The monoisotopic (exact) mass is 373 g/mol. The van der Waals surface area contributed by atoms with Crippen molar-refractivity contribution in [3.63, 3.8) is 0 Å². The number of aryl methyl sites for hydroxylation is 2. The molecule has 0 atom stereocenters. The number of methoxy groups -OCH3 is 1. The van der Waals surface area contributed by atoms with Gasteiger partial charge in [-0.25, -0.2) is 14.6 Å². The van der Waals surface area contributed by atoms with Crippen molar-refractivity contribution in [2.45, 2.75) is 46.6 Å². The lowest BCUT2D eigenvalue weighted by molar-refractivity contribution is 0.0594. The highest BCUT2D eigenvalue weighted by Gasteiger charge is 2.19. The van der Waals surface area contributed by atoms with E-state index in [1.165, 1.54) is 13.4 Å². The normalized spacial score (nSPS) is 10.5. The lowest BCUT2D eigenvalue weighted by atomic mass is 10.1. The maximum atomic E-state index is 12.8. The molecule has 0 aliphatic heterocycles. The Kier molecular flexibility index (Phi) is 7.40. The summed E-state index contributed by atoms with van der Waals surface area (Å²) >= 11 is 0. The minimum atomic E-state index is -0.567. The number of urea groups is 1. The van der Waals surface area contributed by atoms with Gasteiger partial charge in [-0.15, -0.1) is 0 Å². The van der Waals surface area contributed by atoms with Crippen LogP contribution in [0.15, 0.2) is 28.9 Å².